The number of nitrogens with zero attached hydrogens (tertiary/aromatic N) is 1. The lowest BCUT2D eigenvalue weighted by Gasteiger charge is -2.35. The van der Waals surface area contributed by atoms with Crippen molar-refractivity contribution in [3.63, 3.8) is 0 Å². The van der Waals surface area contributed by atoms with Gasteiger partial charge in [0.2, 0.25) is 0 Å². The molecule has 1 aromatic carbocycles. The average Bonchev–Trinajstić information content (AvgIpc) is 3.40. The Morgan fingerprint density at radius 1 is 1.17 bits per heavy atom. The van der Waals surface area contributed by atoms with Gasteiger partial charge >= 0.3 is 0 Å². The van der Waals surface area contributed by atoms with Crippen LogP contribution in [0, 0.1) is 6.92 Å². The standard InChI is InChI=1S/C22H24N2O4S/c1-15-14-17(22(29-15)23-21(25)19-8-5-11-28-19)20(24-9-12-27-13-10-24)16-6-3-4-7-18(16)26-2/h3-8,11,14,20H,9-10,12-13H2,1-2H3,(H,23,25). The van der Waals surface area contributed by atoms with Crippen LogP contribution in [0.4, 0.5) is 5.00 Å². The summed E-state index contributed by atoms with van der Waals surface area (Å²) in [6.07, 6.45) is 1.50. The van der Waals surface area contributed by atoms with Crippen LogP contribution >= 0.6 is 11.3 Å². The number of carbonyl (C=O) groups excluding carboxylic acids is 1. The molecular weight excluding hydrogens is 388 g/mol. The fourth-order valence-corrected chi connectivity index (χ4v) is 4.64. The van der Waals surface area contributed by atoms with Gasteiger partial charge in [0.15, 0.2) is 5.76 Å². The van der Waals surface area contributed by atoms with E-state index >= 15 is 0 Å². The number of aryl methyl sites for hydroxylation is 1. The summed E-state index contributed by atoms with van der Waals surface area (Å²) < 4.78 is 16.5. The summed E-state index contributed by atoms with van der Waals surface area (Å²) in [5.41, 5.74) is 2.13. The van der Waals surface area contributed by atoms with Crippen molar-refractivity contribution in [2.75, 3.05) is 38.7 Å². The minimum Gasteiger partial charge on any atom is -0.496 e. The van der Waals surface area contributed by atoms with E-state index in [0.717, 1.165) is 39.8 Å². The molecule has 29 heavy (non-hydrogen) atoms. The van der Waals surface area contributed by atoms with Crippen LogP contribution in [0.25, 0.3) is 0 Å². The Labute approximate surface area is 174 Å². The van der Waals surface area contributed by atoms with Crippen LogP contribution in [0.5, 0.6) is 5.75 Å². The highest BCUT2D eigenvalue weighted by atomic mass is 32.1. The highest BCUT2D eigenvalue weighted by molar-refractivity contribution is 7.16. The minimum atomic E-state index is -0.251. The molecule has 1 atom stereocenters. The van der Waals surface area contributed by atoms with Crippen molar-refractivity contribution in [1.29, 1.82) is 0 Å². The van der Waals surface area contributed by atoms with Gasteiger partial charge in [0, 0.05) is 29.1 Å². The zero-order valence-electron chi connectivity index (χ0n) is 16.5. The van der Waals surface area contributed by atoms with Gasteiger partial charge in [0.25, 0.3) is 5.91 Å². The van der Waals surface area contributed by atoms with Crippen molar-refractivity contribution in [2.24, 2.45) is 0 Å². The van der Waals surface area contributed by atoms with Crippen LogP contribution in [0.1, 0.15) is 32.6 Å². The smallest absolute Gasteiger partial charge is 0.291 e. The summed E-state index contributed by atoms with van der Waals surface area (Å²) in [5.74, 6) is 0.872. The van der Waals surface area contributed by atoms with Crippen LogP contribution in [0.3, 0.4) is 0 Å². The first kappa shape index (κ1) is 19.7. The molecule has 0 bridgehead atoms. The van der Waals surface area contributed by atoms with Crippen molar-refractivity contribution in [2.45, 2.75) is 13.0 Å². The van der Waals surface area contributed by atoms with E-state index < -0.39 is 0 Å². The third-order valence-corrected chi connectivity index (χ3v) is 5.98. The van der Waals surface area contributed by atoms with Crippen molar-refractivity contribution in [3.05, 3.63) is 70.5 Å². The minimum absolute atomic E-state index is 0.0492. The van der Waals surface area contributed by atoms with Crippen molar-refractivity contribution >= 4 is 22.2 Å². The van der Waals surface area contributed by atoms with E-state index in [-0.39, 0.29) is 11.9 Å². The first-order chi connectivity index (χ1) is 14.2. The summed E-state index contributed by atoms with van der Waals surface area (Å²) in [5, 5.41) is 3.87. The second-order valence-corrected chi connectivity index (χ2v) is 8.12. The predicted octanol–water partition coefficient (Wildman–Crippen LogP) is 4.33. The molecule has 1 amide bonds. The quantitative estimate of drug-likeness (QED) is 0.653. The number of hydrogen-bond donors (Lipinski definition) is 1. The lowest BCUT2D eigenvalue weighted by Crippen LogP contribution is -2.39. The Bertz CT molecular complexity index is 961. The number of para-hydroxylation sites is 1. The zero-order chi connectivity index (χ0) is 20.2. The number of ether oxygens (including phenoxy) is 2. The molecule has 0 spiro atoms. The average molecular weight is 413 g/mol. The third kappa shape index (κ3) is 4.22. The van der Waals surface area contributed by atoms with Gasteiger partial charge in [-0.25, -0.2) is 0 Å². The maximum absolute atomic E-state index is 12.6. The van der Waals surface area contributed by atoms with Gasteiger partial charge in [0.05, 0.1) is 32.6 Å². The van der Waals surface area contributed by atoms with Gasteiger partial charge in [-0.15, -0.1) is 11.3 Å². The second kappa shape index (κ2) is 8.82. The fraction of sp³-hybridized carbons (Fsp3) is 0.318. The van der Waals surface area contributed by atoms with E-state index in [1.165, 1.54) is 6.26 Å². The highest BCUT2D eigenvalue weighted by Crippen LogP contribution is 2.42. The number of thiophene rings is 1. The van der Waals surface area contributed by atoms with Crippen molar-refractivity contribution in [1.82, 2.24) is 4.90 Å². The summed E-state index contributed by atoms with van der Waals surface area (Å²) in [7, 11) is 1.69. The molecule has 1 saturated heterocycles. The fourth-order valence-electron chi connectivity index (χ4n) is 3.70. The number of anilines is 1. The molecule has 0 saturated carbocycles. The zero-order valence-corrected chi connectivity index (χ0v) is 17.3. The van der Waals surface area contributed by atoms with Gasteiger partial charge in [-0.05, 0) is 31.2 Å². The number of hydrogen-bond acceptors (Lipinski definition) is 6. The number of nitrogens with one attached hydrogen (secondary N) is 1. The Kier molecular flexibility index (Phi) is 5.99. The van der Waals surface area contributed by atoms with Crippen molar-refractivity contribution < 1.29 is 18.7 Å². The van der Waals surface area contributed by atoms with Gasteiger partial charge in [-0.2, -0.15) is 0 Å². The van der Waals surface area contributed by atoms with Crippen LogP contribution in [0.15, 0.2) is 53.1 Å². The molecule has 0 aliphatic carbocycles. The van der Waals surface area contributed by atoms with Crippen LogP contribution in [-0.2, 0) is 4.74 Å². The maximum atomic E-state index is 12.6. The molecule has 3 heterocycles. The monoisotopic (exact) mass is 412 g/mol. The first-order valence-corrected chi connectivity index (χ1v) is 10.4. The number of rotatable bonds is 6. The number of morpholine rings is 1. The Hall–Kier alpha value is -2.61. The van der Waals surface area contributed by atoms with Crippen LogP contribution < -0.4 is 10.1 Å². The van der Waals surface area contributed by atoms with Crippen LogP contribution in [-0.4, -0.2) is 44.2 Å². The molecule has 7 heteroatoms. The van der Waals surface area contributed by atoms with Gasteiger partial charge in [-0.1, -0.05) is 18.2 Å². The Morgan fingerprint density at radius 3 is 2.69 bits per heavy atom. The molecular formula is C22H24N2O4S. The maximum Gasteiger partial charge on any atom is 0.291 e. The predicted molar refractivity (Wildman–Crippen MR) is 113 cm³/mol. The molecule has 3 aromatic rings. The van der Waals surface area contributed by atoms with E-state index in [0.29, 0.717) is 19.0 Å². The molecule has 4 rings (SSSR count). The summed E-state index contributed by atoms with van der Waals surface area (Å²) in [6, 6.07) is 13.5. The topological polar surface area (TPSA) is 63.9 Å². The lowest BCUT2D eigenvalue weighted by molar-refractivity contribution is 0.0237. The normalized spacial score (nSPS) is 15.8. The molecule has 152 valence electrons. The van der Waals surface area contributed by atoms with Gasteiger partial charge in [-0.3, -0.25) is 9.69 Å². The van der Waals surface area contributed by atoms with Crippen LogP contribution in [0.2, 0.25) is 0 Å². The lowest BCUT2D eigenvalue weighted by atomic mass is 9.97. The van der Waals surface area contributed by atoms with Gasteiger partial charge < -0.3 is 19.2 Å². The number of furan rings is 1. The molecule has 1 fully saturated rings. The number of carbonyl (C=O) groups is 1. The summed E-state index contributed by atoms with van der Waals surface area (Å²) >= 11 is 1.57. The SMILES string of the molecule is COc1ccccc1C(c1cc(C)sc1NC(=O)c1ccco1)N1CCOCC1. The van der Waals surface area contributed by atoms with E-state index in [9.17, 15) is 4.79 Å². The molecule has 6 nitrogen and oxygen atoms in total. The molecule has 1 aliphatic heterocycles. The molecule has 1 unspecified atom stereocenters. The molecule has 1 aliphatic rings. The first-order valence-electron chi connectivity index (χ1n) is 9.57. The Balaban J connectivity index is 1.75. The number of methoxy groups -OCH3 is 1. The largest absolute Gasteiger partial charge is 0.496 e. The molecule has 0 radical (unpaired) electrons. The number of benzene rings is 1. The number of amides is 1. The summed E-state index contributed by atoms with van der Waals surface area (Å²) in [4.78, 5) is 16.1. The third-order valence-electron chi connectivity index (χ3n) is 4.99. The van der Waals surface area contributed by atoms with E-state index in [1.807, 2.05) is 18.2 Å². The molecule has 1 N–H and O–H groups in total. The van der Waals surface area contributed by atoms with Crippen molar-refractivity contribution in [3.8, 4) is 5.75 Å². The van der Waals surface area contributed by atoms with E-state index in [1.54, 1.807) is 30.6 Å². The van der Waals surface area contributed by atoms with E-state index in [2.05, 4.69) is 29.3 Å². The Morgan fingerprint density at radius 2 is 1.97 bits per heavy atom. The van der Waals surface area contributed by atoms with Gasteiger partial charge in [0.1, 0.15) is 10.8 Å². The summed E-state index contributed by atoms with van der Waals surface area (Å²) in [6.45, 7) is 5.04. The highest BCUT2D eigenvalue weighted by Gasteiger charge is 2.30. The van der Waals surface area contributed by atoms with E-state index in [4.69, 9.17) is 13.9 Å². The second-order valence-electron chi connectivity index (χ2n) is 6.87. The molecule has 2 aromatic heterocycles.